The molecule has 24 heavy (non-hydrogen) atoms. The first-order chi connectivity index (χ1) is 11.6. The Hall–Kier alpha value is -3.29. The Balaban J connectivity index is 1.62. The molecule has 0 aliphatic rings. The third kappa shape index (κ3) is 2.47. The fourth-order valence-corrected chi connectivity index (χ4v) is 2.34. The molecule has 3 heterocycles. The highest BCUT2D eigenvalue weighted by Gasteiger charge is 2.12. The van der Waals surface area contributed by atoms with Gasteiger partial charge in [0.15, 0.2) is 0 Å². The van der Waals surface area contributed by atoms with E-state index in [0.717, 1.165) is 16.7 Å². The quantitative estimate of drug-likeness (QED) is 0.599. The summed E-state index contributed by atoms with van der Waals surface area (Å²) < 4.78 is 19.2. The number of halogens is 1. The summed E-state index contributed by atoms with van der Waals surface area (Å²) in [5, 5.41) is 10.7. The lowest BCUT2D eigenvalue weighted by atomic mass is 10.1. The molecule has 0 radical (unpaired) electrons. The average molecular weight is 324 g/mol. The van der Waals surface area contributed by atoms with Crippen LogP contribution in [-0.4, -0.2) is 25.1 Å². The summed E-state index contributed by atoms with van der Waals surface area (Å²) in [6.45, 7) is 3.57. The molecule has 1 aromatic carbocycles. The number of aromatic amines is 1. The maximum atomic E-state index is 13.6. The van der Waals surface area contributed by atoms with E-state index in [1.807, 2.05) is 13.0 Å². The Morgan fingerprint density at radius 3 is 2.83 bits per heavy atom. The molecular weight excluding hydrogens is 311 g/mol. The number of nitrogens with one attached hydrogen (secondary N) is 2. The molecule has 0 fully saturated rings. The van der Waals surface area contributed by atoms with E-state index in [0.29, 0.717) is 17.1 Å². The van der Waals surface area contributed by atoms with Crippen LogP contribution in [0.2, 0.25) is 0 Å². The van der Waals surface area contributed by atoms with E-state index in [4.69, 9.17) is 4.42 Å². The van der Waals surface area contributed by atoms with Crippen molar-refractivity contribution in [3.05, 3.63) is 47.5 Å². The van der Waals surface area contributed by atoms with Crippen molar-refractivity contribution in [3.63, 3.8) is 0 Å². The van der Waals surface area contributed by atoms with Crippen molar-refractivity contribution in [1.29, 1.82) is 0 Å². The van der Waals surface area contributed by atoms with E-state index in [1.54, 1.807) is 25.3 Å². The number of aromatic nitrogens is 5. The van der Waals surface area contributed by atoms with Gasteiger partial charge in [-0.25, -0.2) is 9.37 Å². The van der Waals surface area contributed by atoms with Crippen LogP contribution >= 0.6 is 0 Å². The van der Waals surface area contributed by atoms with Crippen LogP contribution in [0.3, 0.4) is 0 Å². The van der Waals surface area contributed by atoms with Crippen LogP contribution in [0.4, 0.5) is 16.4 Å². The molecule has 2 N–H and O–H groups in total. The minimum atomic E-state index is -0.319. The molecule has 0 spiro atoms. The summed E-state index contributed by atoms with van der Waals surface area (Å²) in [6, 6.07) is 6.75. The van der Waals surface area contributed by atoms with E-state index >= 15 is 0 Å². The number of rotatable bonds is 3. The van der Waals surface area contributed by atoms with Crippen LogP contribution in [0, 0.1) is 19.7 Å². The smallest absolute Gasteiger partial charge is 0.322 e. The molecule has 4 aromatic rings. The molecule has 0 aliphatic heterocycles. The molecule has 0 saturated heterocycles. The Kier molecular flexibility index (Phi) is 3.23. The largest absolute Gasteiger partial charge is 0.403 e. The number of pyridine rings is 1. The lowest BCUT2D eigenvalue weighted by Crippen LogP contribution is -1.92. The van der Waals surface area contributed by atoms with Gasteiger partial charge in [-0.3, -0.25) is 10.3 Å². The Morgan fingerprint density at radius 2 is 2.04 bits per heavy atom. The topological polar surface area (TPSA) is 92.5 Å². The number of nitrogens with zero attached hydrogens (tertiary/aromatic N) is 4. The lowest BCUT2D eigenvalue weighted by molar-refractivity contribution is 0.583. The second-order valence-corrected chi connectivity index (χ2v) is 5.38. The van der Waals surface area contributed by atoms with Crippen molar-refractivity contribution in [3.8, 4) is 11.5 Å². The molecule has 0 amide bonds. The number of benzene rings is 1. The predicted octanol–water partition coefficient (Wildman–Crippen LogP) is 3.51. The van der Waals surface area contributed by atoms with Crippen LogP contribution in [0.1, 0.15) is 11.3 Å². The monoisotopic (exact) mass is 324 g/mol. The van der Waals surface area contributed by atoms with Gasteiger partial charge in [-0.15, -0.1) is 5.10 Å². The Labute approximate surface area is 136 Å². The van der Waals surface area contributed by atoms with Gasteiger partial charge < -0.3 is 9.40 Å². The maximum Gasteiger partial charge on any atom is 0.322 e. The zero-order valence-corrected chi connectivity index (χ0v) is 13.0. The van der Waals surface area contributed by atoms with Crippen LogP contribution in [-0.2, 0) is 0 Å². The van der Waals surface area contributed by atoms with Crippen molar-refractivity contribution in [1.82, 2.24) is 25.1 Å². The SMILES string of the molecule is Cc1ccc(-c2nnc(Nc3nc4c(C)nccc4[nH]3)o2)cc1F. The molecule has 0 aliphatic carbocycles. The van der Waals surface area contributed by atoms with Gasteiger partial charge in [-0.05, 0) is 37.6 Å². The minimum Gasteiger partial charge on any atom is -0.403 e. The molecule has 0 atom stereocenters. The standard InChI is InChI=1S/C16H13FN6O/c1-8-3-4-10(7-11(8)17)14-22-23-16(24-14)21-15-19-12-5-6-18-9(2)13(12)20-15/h3-7H,1-2H3,(H2,19,20,21,23). The van der Waals surface area contributed by atoms with Crippen molar-refractivity contribution >= 4 is 23.0 Å². The average Bonchev–Trinajstić information content (AvgIpc) is 3.18. The minimum absolute atomic E-state index is 0.163. The van der Waals surface area contributed by atoms with E-state index in [-0.39, 0.29) is 17.7 Å². The number of hydrogen-bond acceptors (Lipinski definition) is 6. The zero-order chi connectivity index (χ0) is 16.7. The highest BCUT2D eigenvalue weighted by Crippen LogP contribution is 2.24. The van der Waals surface area contributed by atoms with Crippen molar-refractivity contribution < 1.29 is 8.81 Å². The molecule has 4 rings (SSSR count). The number of aryl methyl sites for hydroxylation is 2. The van der Waals surface area contributed by atoms with Gasteiger partial charge in [-0.2, -0.15) is 0 Å². The second kappa shape index (κ2) is 5.41. The normalized spacial score (nSPS) is 11.1. The number of hydrogen-bond donors (Lipinski definition) is 2. The molecule has 3 aromatic heterocycles. The fraction of sp³-hybridized carbons (Fsp3) is 0.125. The third-order valence-electron chi connectivity index (χ3n) is 3.65. The first-order valence-electron chi connectivity index (χ1n) is 7.28. The van der Waals surface area contributed by atoms with Crippen molar-refractivity contribution in [2.45, 2.75) is 13.8 Å². The van der Waals surface area contributed by atoms with E-state index in [9.17, 15) is 4.39 Å². The summed E-state index contributed by atoms with van der Waals surface area (Å²) >= 11 is 0. The van der Waals surface area contributed by atoms with Crippen LogP contribution in [0.25, 0.3) is 22.5 Å². The summed E-state index contributed by atoms with van der Waals surface area (Å²) in [4.78, 5) is 11.7. The van der Waals surface area contributed by atoms with Gasteiger partial charge in [-0.1, -0.05) is 11.2 Å². The number of anilines is 2. The highest BCUT2D eigenvalue weighted by atomic mass is 19.1. The summed E-state index contributed by atoms with van der Waals surface area (Å²) in [7, 11) is 0. The fourth-order valence-electron chi connectivity index (χ4n) is 2.34. The molecule has 120 valence electrons. The summed E-state index contributed by atoms with van der Waals surface area (Å²) in [6.07, 6.45) is 1.70. The van der Waals surface area contributed by atoms with Crippen LogP contribution in [0.5, 0.6) is 0 Å². The molecule has 0 bridgehead atoms. The van der Waals surface area contributed by atoms with Gasteiger partial charge in [0.05, 0.1) is 11.2 Å². The molecule has 0 saturated carbocycles. The number of fused-ring (bicyclic) bond motifs is 1. The second-order valence-electron chi connectivity index (χ2n) is 5.38. The summed E-state index contributed by atoms with van der Waals surface area (Å²) in [5.41, 5.74) is 3.51. The molecule has 8 heteroatoms. The van der Waals surface area contributed by atoms with Crippen molar-refractivity contribution in [2.24, 2.45) is 0 Å². The van der Waals surface area contributed by atoms with Gasteiger partial charge in [0.1, 0.15) is 11.3 Å². The maximum absolute atomic E-state index is 13.6. The van der Waals surface area contributed by atoms with Crippen LogP contribution in [0.15, 0.2) is 34.9 Å². The molecule has 0 unspecified atom stereocenters. The van der Waals surface area contributed by atoms with Gasteiger partial charge in [0.2, 0.25) is 11.8 Å². The van der Waals surface area contributed by atoms with E-state index < -0.39 is 0 Å². The number of H-pyrrole nitrogens is 1. The number of imidazole rings is 1. The molecule has 7 nitrogen and oxygen atoms in total. The van der Waals surface area contributed by atoms with Crippen molar-refractivity contribution in [2.75, 3.05) is 5.32 Å². The molecular formula is C16H13FN6O. The van der Waals surface area contributed by atoms with Gasteiger partial charge in [0, 0.05) is 11.8 Å². The van der Waals surface area contributed by atoms with E-state index in [1.165, 1.54) is 6.07 Å². The summed E-state index contributed by atoms with van der Waals surface area (Å²) in [5.74, 6) is 0.372. The third-order valence-corrected chi connectivity index (χ3v) is 3.65. The Bertz CT molecular complexity index is 1040. The Morgan fingerprint density at radius 1 is 1.17 bits per heavy atom. The predicted molar refractivity (Wildman–Crippen MR) is 86.3 cm³/mol. The van der Waals surface area contributed by atoms with Gasteiger partial charge >= 0.3 is 6.01 Å². The van der Waals surface area contributed by atoms with Gasteiger partial charge in [0.25, 0.3) is 0 Å². The first-order valence-corrected chi connectivity index (χ1v) is 7.28. The highest BCUT2D eigenvalue weighted by molar-refractivity contribution is 5.79. The zero-order valence-electron chi connectivity index (χ0n) is 13.0. The van der Waals surface area contributed by atoms with E-state index in [2.05, 4.69) is 30.5 Å². The van der Waals surface area contributed by atoms with Crippen LogP contribution < -0.4 is 5.32 Å². The first kappa shape index (κ1) is 14.3. The lowest BCUT2D eigenvalue weighted by Gasteiger charge is -1.98.